The van der Waals surface area contributed by atoms with Crippen LogP contribution < -0.4 is 0 Å². The van der Waals surface area contributed by atoms with Gasteiger partial charge in [0.2, 0.25) is 5.95 Å². The molecule has 1 aliphatic heterocycles. The molecule has 3 atom stereocenters. The van der Waals surface area contributed by atoms with Crippen molar-refractivity contribution >= 4 is 39.1 Å². The van der Waals surface area contributed by atoms with Gasteiger partial charge in [0, 0.05) is 32.4 Å². The molecule has 0 saturated carbocycles. The maximum Gasteiger partial charge on any atom is 0.238 e. The van der Waals surface area contributed by atoms with Crippen LogP contribution in [0.5, 0.6) is 0 Å². The molecule has 0 saturated heterocycles. The first-order valence-electron chi connectivity index (χ1n) is 19.8. The maximum absolute atomic E-state index is 5.19. The molecular weight excluding hydrogens is 713 g/mol. The molecule has 2 aromatic heterocycles. The third-order valence-electron chi connectivity index (χ3n) is 12.4. The zero-order valence-corrected chi connectivity index (χ0v) is 31.9. The van der Waals surface area contributed by atoms with Crippen LogP contribution in [0.1, 0.15) is 35.4 Å². The molecule has 0 fully saturated rings. The summed E-state index contributed by atoms with van der Waals surface area (Å²) in [6, 6.07) is 51.2. The van der Waals surface area contributed by atoms with Gasteiger partial charge in [-0.2, -0.15) is 9.97 Å². The van der Waals surface area contributed by atoms with Crippen molar-refractivity contribution < 1.29 is 0 Å². The van der Waals surface area contributed by atoms with Gasteiger partial charge in [0.05, 0.1) is 16.4 Å². The second-order valence-corrected chi connectivity index (χ2v) is 16.6. The van der Waals surface area contributed by atoms with E-state index in [0.29, 0.717) is 17.0 Å². The van der Waals surface area contributed by atoms with Crippen LogP contribution in [0.4, 0.5) is 0 Å². The minimum atomic E-state index is -0.299. The first kappa shape index (κ1) is 32.7. The predicted octanol–water partition coefficient (Wildman–Crippen LogP) is 12.6. The monoisotopic (exact) mass is 748 g/mol. The number of aromatic nitrogens is 4. The lowest BCUT2D eigenvalue weighted by Crippen LogP contribution is -2.43. The van der Waals surface area contributed by atoms with Crippen LogP contribution in [0.15, 0.2) is 187 Å². The Morgan fingerprint density at radius 3 is 2.21 bits per heavy atom. The fraction of sp³-hybridized carbons (Fsp3) is 0.0962. The normalized spacial score (nSPS) is 20.0. The van der Waals surface area contributed by atoms with E-state index in [1.54, 1.807) is 0 Å². The van der Waals surface area contributed by atoms with Crippen molar-refractivity contribution in [1.29, 1.82) is 0 Å². The summed E-state index contributed by atoms with van der Waals surface area (Å²) in [5.41, 5.74) is 13.2. The highest BCUT2D eigenvalue weighted by molar-refractivity contribution is 8.00. The van der Waals surface area contributed by atoms with Gasteiger partial charge in [0.1, 0.15) is 0 Å². The second kappa shape index (κ2) is 12.7. The Balaban J connectivity index is 1.06. The molecule has 5 heteroatoms. The summed E-state index contributed by atoms with van der Waals surface area (Å²) in [4.78, 5) is 16.7. The summed E-state index contributed by atoms with van der Waals surface area (Å²) >= 11 is 2.00. The molecule has 0 bridgehead atoms. The van der Waals surface area contributed by atoms with E-state index < -0.39 is 0 Å². The molecular formula is C52H36N4S. The molecule has 3 unspecified atom stereocenters. The van der Waals surface area contributed by atoms with Gasteiger partial charge in [-0.3, -0.25) is 4.57 Å². The predicted molar refractivity (Wildman–Crippen MR) is 235 cm³/mol. The molecule has 57 heavy (non-hydrogen) atoms. The first-order chi connectivity index (χ1) is 28.3. The van der Waals surface area contributed by atoms with Gasteiger partial charge in [-0.15, -0.1) is 11.8 Å². The molecule has 4 nitrogen and oxygen atoms in total. The third kappa shape index (κ3) is 4.85. The van der Waals surface area contributed by atoms with Gasteiger partial charge >= 0.3 is 0 Å². The number of para-hydroxylation sites is 1. The highest BCUT2D eigenvalue weighted by Gasteiger charge is 2.54. The topological polar surface area (TPSA) is 43.6 Å². The summed E-state index contributed by atoms with van der Waals surface area (Å²) in [5, 5.41) is 2.69. The SMILES string of the molecule is C1=CCCC(c2nc(-c3ccccc3)nc(-n3c4ccccc4c4cc(-c5ccc6c(c5)C5(c7ccccc7SC7C=CC=CC75)c5ccccc5-6)ccc43)n2)=C1. The highest BCUT2D eigenvalue weighted by atomic mass is 32.2. The molecule has 0 N–H and O–H groups in total. The minimum absolute atomic E-state index is 0.284. The van der Waals surface area contributed by atoms with E-state index in [1.165, 1.54) is 54.6 Å². The van der Waals surface area contributed by atoms with Crippen LogP contribution in [0.25, 0.3) is 67.0 Å². The molecule has 8 aromatic rings. The second-order valence-electron chi connectivity index (χ2n) is 15.4. The van der Waals surface area contributed by atoms with E-state index >= 15 is 0 Å². The number of fused-ring (bicyclic) bond motifs is 12. The number of benzene rings is 6. The zero-order chi connectivity index (χ0) is 37.5. The van der Waals surface area contributed by atoms with Crippen LogP contribution in [0, 0.1) is 5.92 Å². The van der Waals surface area contributed by atoms with E-state index in [4.69, 9.17) is 15.0 Å². The van der Waals surface area contributed by atoms with Gasteiger partial charge in [-0.1, -0.05) is 152 Å². The van der Waals surface area contributed by atoms with Crippen molar-refractivity contribution in [2.24, 2.45) is 5.92 Å². The summed E-state index contributed by atoms with van der Waals surface area (Å²) in [5.74, 6) is 2.32. The Kier molecular flexibility index (Phi) is 7.30. The van der Waals surface area contributed by atoms with Crippen molar-refractivity contribution in [3.05, 3.63) is 205 Å². The Morgan fingerprint density at radius 2 is 1.30 bits per heavy atom. The number of nitrogens with zero attached hydrogens (tertiary/aromatic N) is 4. The third-order valence-corrected chi connectivity index (χ3v) is 13.7. The molecule has 0 amide bonds. The number of thioether (sulfide) groups is 1. The van der Waals surface area contributed by atoms with Crippen LogP contribution in [0.2, 0.25) is 0 Å². The number of hydrogen-bond acceptors (Lipinski definition) is 4. The van der Waals surface area contributed by atoms with Crippen molar-refractivity contribution in [3.63, 3.8) is 0 Å². The molecule has 0 radical (unpaired) electrons. The Bertz CT molecular complexity index is 3080. The standard InChI is InChI=1S/C52H36N4S/c1-3-15-33(16-4-1)49-53-50(34-17-5-2-6-18-34)55-51(54-49)56-45-24-12-8-20-39(45)40-31-35(28-30-46(40)56)36-27-29-38-37-19-7-9-21-41(37)52(44(38)32-36)42-22-10-13-25-47(42)57-48-26-14-11-23-43(48)52/h1-5,7-17,19-32,42,47H,6,18H2. The number of hydrogen-bond donors (Lipinski definition) is 0. The highest BCUT2D eigenvalue weighted by Crippen LogP contribution is 2.63. The van der Waals surface area contributed by atoms with Crippen LogP contribution >= 0.6 is 11.8 Å². The summed E-state index contributed by atoms with van der Waals surface area (Å²) in [6.45, 7) is 0. The van der Waals surface area contributed by atoms with Gasteiger partial charge < -0.3 is 0 Å². The quantitative estimate of drug-likeness (QED) is 0.180. The van der Waals surface area contributed by atoms with Crippen molar-refractivity contribution in [3.8, 4) is 39.6 Å². The van der Waals surface area contributed by atoms with Crippen molar-refractivity contribution in [2.75, 3.05) is 0 Å². The number of rotatable bonds is 4. The number of allylic oxidation sites excluding steroid dienone is 7. The molecule has 6 aromatic carbocycles. The minimum Gasteiger partial charge on any atom is -0.278 e. The summed E-state index contributed by atoms with van der Waals surface area (Å²) in [7, 11) is 0. The molecule has 12 rings (SSSR count). The van der Waals surface area contributed by atoms with E-state index in [1.807, 2.05) is 30.0 Å². The van der Waals surface area contributed by atoms with Crippen LogP contribution in [-0.4, -0.2) is 24.8 Å². The Labute approximate surface area is 335 Å². The average Bonchev–Trinajstić information content (AvgIpc) is 3.77. The molecule has 270 valence electrons. The first-order valence-corrected chi connectivity index (χ1v) is 20.7. The van der Waals surface area contributed by atoms with Crippen LogP contribution in [0.3, 0.4) is 0 Å². The van der Waals surface area contributed by atoms with E-state index in [9.17, 15) is 0 Å². The summed E-state index contributed by atoms with van der Waals surface area (Å²) < 4.78 is 2.22. The molecule has 3 heterocycles. The molecule has 1 spiro atoms. The van der Waals surface area contributed by atoms with Gasteiger partial charge in [-0.05, 0) is 87.7 Å². The summed E-state index contributed by atoms with van der Waals surface area (Å²) in [6.07, 6.45) is 17.7. The van der Waals surface area contributed by atoms with E-state index in [0.717, 1.165) is 40.8 Å². The molecule has 3 aliphatic carbocycles. The van der Waals surface area contributed by atoms with Crippen molar-refractivity contribution in [1.82, 2.24) is 19.5 Å². The van der Waals surface area contributed by atoms with Crippen LogP contribution in [-0.2, 0) is 5.41 Å². The fourth-order valence-corrected chi connectivity index (χ4v) is 11.4. The lowest BCUT2D eigenvalue weighted by atomic mass is 9.61. The fourth-order valence-electron chi connectivity index (χ4n) is 9.93. The zero-order valence-electron chi connectivity index (χ0n) is 31.1. The Morgan fingerprint density at radius 1 is 0.561 bits per heavy atom. The van der Waals surface area contributed by atoms with E-state index in [-0.39, 0.29) is 11.3 Å². The smallest absolute Gasteiger partial charge is 0.238 e. The average molecular weight is 749 g/mol. The Hall–Kier alpha value is -6.56. The van der Waals surface area contributed by atoms with Gasteiger partial charge in [0.25, 0.3) is 0 Å². The maximum atomic E-state index is 5.19. The lowest BCUT2D eigenvalue weighted by Gasteiger charge is -2.47. The largest absolute Gasteiger partial charge is 0.278 e. The van der Waals surface area contributed by atoms with Crippen molar-refractivity contribution in [2.45, 2.75) is 28.4 Å². The van der Waals surface area contributed by atoms with Gasteiger partial charge in [0.15, 0.2) is 11.6 Å². The molecule has 4 aliphatic rings. The van der Waals surface area contributed by atoms with Gasteiger partial charge in [-0.25, -0.2) is 4.98 Å². The van der Waals surface area contributed by atoms with E-state index in [2.05, 4.69) is 168 Å². The lowest BCUT2D eigenvalue weighted by molar-refractivity contribution is 0.449.